The van der Waals surface area contributed by atoms with Gasteiger partial charge in [0.25, 0.3) is 0 Å². The van der Waals surface area contributed by atoms with Crippen molar-refractivity contribution in [3.63, 3.8) is 0 Å². The van der Waals surface area contributed by atoms with Crippen LogP contribution in [-0.4, -0.2) is 20.7 Å². The topological polar surface area (TPSA) is 110 Å². The Hall–Kier alpha value is -2.30. The van der Waals surface area contributed by atoms with Gasteiger partial charge in [-0.1, -0.05) is 23.2 Å². The number of rotatable bonds is 2. The molecule has 1 heterocycles. The van der Waals surface area contributed by atoms with Gasteiger partial charge >= 0.3 is 0 Å². The number of nitrogens with zero attached hydrogens (tertiary/aromatic N) is 4. The van der Waals surface area contributed by atoms with Crippen molar-refractivity contribution in [3.05, 3.63) is 27.7 Å². The summed E-state index contributed by atoms with van der Waals surface area (Å²) in [5, 5.41) is 15.9. The van der Waals surface area contributed by atoms with Gasteiger partial charge in [-0.05, 0) is 12.1 Å². The molecule has 0 spiro atoms. The first-order valence-electron chi connectivity index (χ1n) is 5.32. The minimum atomic E-state index is -0.362. The first kappa shape index (κ1) is 14.1. The van der Waals surface area contributed by atoms with E-state index < -0.39 is 0 Å². The molecule has 1 aromatic heterocycles. The molecule has 0 amide bonds. The van der Waals surface area contributed by atoms with Crippen molar-refractivity contribution in [2.75, 3.05) is 11.1 Å². The fourth-order valence-corrected chi connectivity index (χ4v) is 2.06. The van der Waals surface area contributed by atoms with Gasteiger partial charge in [0.15, 0.2) is 0 Å². The lowest BCUT2D eigenvalue weighted by molar-refractivity contribution is 0.0924. The van der Waals surface area contributed by atoms with Crippen molar-refractivity contribution in [2.45, 2.75) is 6.92 Å². The molecule has 2 rings (SSSR count). The van der Waals surface area contributed by atoms with Gasteiger partial charge in [0.1, 0.15) is 6.07 Å². The molecule has 102 valence electrons. The van der Waals surface area contributed by atoms with Crippen LogP contribution >= 0.6 is 23.2 Å². The first-order valence-corrected chi connectivity index (χ1v) is 6.07. The van der Waals surface area contributed by atoms with Crippen LogP contribution in [0.3, 0.4) is 0 Å². The summed E-state index contributed by atoms with van der Waals surface area (Å²) in [6.45, 7) is 1.31. The van der Waals surface area contributed by atoms with Gasteiger partial charge < -0.3 is 11.1 Å². The highest BCUT2D eigenvalue weighted by Gasteiger charge is 2.12. The Bertz CT molecular complexity index is 710. The lowest BCUT2D eigenvalue weighted by Crippen LogP contribution is -2.11. The molecule has 0 unspecified atom stereocenters. The number of nitrogen functional groups attached to an aromatic ring is 1. The summed E-state index contributed by atoms with van der Waals surface area (Å²) < 4.78 is 0.954. The minimum Gasteiger partial charge on any atom is -0.368 e. The standard InChI is InChI=1S/C11H8Cl2N6O/c1-5(20)19-10(15)17-11(18-19)16-6-2-8(12)7(4-14)9(13)3-6/h2-3H,1H3,(H3,15,16,17,18). The molecular weight excluding hydrogens is 303 g/mol. The van der Waals surface area contributed by atoms with E-state index in [0.717, 1.165) is 4.68 Å². The quantitative estimate of drug-likeness (QED) is 0.881. The van der Waals surface area contributed by atoms with Crippen LogP contribution in [0.25, 0.3) is 0 Å². The van der Waals surface area contributed by atoms with Gasteiger partial charge in [0, 0.05) is 12.6 Å². The molecule has 0 aliphatic heterocycles. The average molecular weight is 311 g/mol. The number of aromatic nitrogens is 3. The number of carbonyl (C=O) groups excluding carboxylic acids is 1. The fourth-order valence-electron chi connectivity index (χ4n) is 1.49. The molecule has 0 saturated heterocycles. The second kappa shape index (κ2) is 5.36. The lowest BCUT2D eigenvalue weighted by atomic mass is 10.2. The highest BCUT2D eigenvalue weighted by molar-refractivity contribution is 6.37. The van der Waals surface area contributed by atoms with E-state index in [1.54, 1.807) is 0 Å². The Labute approximate surface area is 123 Å². The average Bonchev–Trinajstić information content (AvgIpc) is 2.70. The van der Waals surface area contributed by atoms with Gasteiger partial charge in [-0.15, -0.1) is 5.10 Å². The number of benzene rings is 1. The van der Waals surface area contributed by atoms with Crippen molar-refractivity contribution >= 4 is 46.7 Å². The third kappa shape index (κ3) is 2.66. The van der Waals surface area contributed by atoms with Crippen LogP contribution in [0.1, 0.15) is 17.3 Å². The maximum atomic E-state index is 11.2. The summed E-state index contributed by atoms with van der Waals surface area (Å²) in [5.41, 5.74) is 6.19. The van der Waals surface area contributed by atoms with Gasteiger partial charge in [0.05, 0.1) is 15.6 Å². The number of nitriles is 1. The van der Waals surface area contributed by atoms with Crippen LogP contribution in [0, 0.1) is 11.3 Å². The molecule has 0 radical (unpaired) electrons. The lowest BCUT2D eigenvalue weighted by Gasteiger charge is -2.05. The number of nitrogens with one attached hydrogen (secondary N) is 1. The van der Waals surface area contributed by atoms with E-state index in [0.29, 0.717) is 5.69 Å². The molecule has 0 aliphatic rings. The van der Waals surface area contributed by atoms with Gasteiger partial charge in [-0.3, -0.25) is 4.79 Å². The van der Waals surface area contributed by atoms with Crippen LogP contribution in [0.4, 0.5) is 17.6 Å². The molecule has 0 fully saturated rings. The number of hydrogen-bond donors (Lipinski definition) is 2. The maximum absolute atomic E-state index is 11.2. The molecule has 0 bridgehead atoms. The predicted octanol–water partition coefficient (Wildman–Crippen LogP) is 2.44. The van der Waals surface area contributed by atoms with E-state index >= 15 is 0 Å². The zero-order valence-corrected chi connectivity index (χ0v) is 11.7. The van der Waals surface area contributed by atoms with Crippen molar-refractivity contribution in [1.82, 2.24) is 14.8 Å². The van der Waals surface area contributed by atoms with Crippen LogP contribution in [-0.2, 0) is 0 Å². The number of hydrogen-bond acceptors (Lipinski definition) is 6. The Kier molecular flexibility index (Phi) is 3.79. The molecule has 1 aromatic carbocycles. The van der Waals surface area contributed by atoms with E-state index in [2.05, 4.69) is 15.4 Å². The summed E-state index contributed by atoms with van der Waals surface area (Å²) in [4.78, 5) is 15.1. The number of carbonyl (C=O) groups is 1. The second-order valence-corrected chi connectivity index (χ2v) is 4.59. The van der Waals surface area contributed by atoms with Crippen molar-refractivity contribution < 1.29 is 4.79 Å². The van der Waals surface area contributed by atoms with Crippen LogP contribution in [0.2, 0.25) is 10.0 Å². The number of anilines is 3. The molecular formula is C11H8Cl2N6O. The first-order chi connectivity index (χ1) is 9.42. The van der Waals surface area contributed by atoms with E-state index in [9.17, 15) is 4.79 Å². The van der Waals surface area contributed by atoms with Crippen LogP contribution in [0.5, 0.6) is 0 Å². The Morgan fingerprint density at radius 2 is 2.05 bits per heavy atom. The third-order valence-corrected chi connectivity index (χ3v) is 2.94. The minimum absolute atomic E-state index is 0.0363. The largest absolute Gasteiger partial charge is 0.368 e. The molecule has 0 saturated carbocycles. The van der Waals surface area contributed by atoms with E-state index in [4.69, 9.17) is 34.2 Å². The van der Waals surface area contributed by atoms with Gasteiger partial charge in [-0.2, -0.15) is 14.9 Å². The van der Waals surface area contributed by atoms with Crippen LogP contribution in [0.15, 0.2) is 12.1 Å². The molecule has 0 aliphatic carbocycles. The summed E-state index contributed by atoms with van der Waals surface area (Å²) in [5.74, 6) is -0.278. The highest BCUT2D eigenvalue weighted by Crippen LogP contribution is 2.29. The molecule has 0 atom stereocenters. The summed E-state index contributed by atoms with van der Waals surface area (Å²) in [6.07, 6.45) is 0. The van der Waals surface area contributed by atoms with E-state index in [1.165, 1.54) is 19.1 Å². The zero-order valence-electron chi connectivity index (χ0n) is 10.2. The predicted molar refractivity (Wildman–Crippen MR) is 75.2 cm³/mol. The smallest absolute Gasteiger partial charge is 0.248 e. The Balaban J connectivity index is 2.34. The van der Waals surface area contributed by atoms with Crippen molar-refractivity contribution in [3.8, 4) is 6.07 Å². The Morgan fingerprint density at radius 1 is 1.45 bits per heavy atom. The monoisotopic (exact) mass is 310 g/mol. The van der Waals surface area contributed by atoms with Crippen molar-refractivity contribution in [1.29, 1.82) is 5.26 Å². The van der Waals surface area contributed by atoms with Gasteiger partial charge in [0.2, 0.25) is 17.8 Å². The van der Waals surface area contributed by atoms with E-state index in [1.807, 2.05) is 6.07 Å². The summed E-state index contributed by atoms with van der Waals surface area (Å²) in [6, 6.07) is 4.88. The van der Waals surface area contributed by atoms with E-state index in [-0.39, 0.29) is 33.4 Å². The summed E-state index contributed by atoms with van der Waals surface area (Å²) in [7, 11) is 0. The third-order valence-electron chi connectivity index (χ3n) is 2.34. The normalized spacial score (nSPS) is 10.1. The number of halogens is 2. The molecule has 3 N–H and O–H groups in total. The molecule has 9 heteroatoms. The van der Waals surface area contributed by atoms with Crippen LogP contribution < -0.4 is 11.1 Å². The molecule has 7 nitrogen and oxygen atoms in total. The number of nitrogens with two attached hydrogens (primary N) is 1. The second-order valence-electron chi connectivity index (χ2n) is 3.78. The maximum Gasteiger partial charge on any atom is 0.248 e. The fraction of sp³-hybridized carbons (Fsp3) is 0.0909. The Morgan fingerprint density at radius 3 is 2.50 bits per heavy atom. The molecule has 2 aromatic rings. The summed E-state index contributed by atoms with van der Waals surface area (Å²) >= 11 is 11.8. The van der Waals surface area contributed by atoms with Crippen molar-refractivity contribution in [2.24, 2.45) is 0 Å². The molecule has 20 heavy (non-hydrogen) atoms. The SMILES string of the molecule is CC(=O)n1nc(Nc2cc(Cl)c(C#N)c(Cl)c2)nc1N. The zero-order chi connectivity index (χ0) is 14.9. The highest BCUT2D eigenvalue weighted by atomic mass is 35.5. The van der Waals surface area contributed by atoms with Gasteiger partial charge in [-0.25, -0.2) is 0 Å².